The fourth-order valence-electron chi connectivity index (χ4n) is 2.24. The summed E-state index contributed by atoms with van der Waals surface area (Å²) in [4.78, 5) is 13.0. The maximum Gasteiger partial charge on any atom is 0.225 e. The van der Waals surface area contributed by atoms with Gasteiger partial charge >= 0.3 is 0 Å². The predicted molar refractivity (Wildman–Crippen MR) is 79.5 cm³/mol. The molecular weight excluding hydrogens is 276 g/mol. The lowest BCUT2D eigenvalue weighted by Crippen LogP contribution is -2.47. The second-order valence-electron chi connectivity index (χ2n) is 4.43. The summed E-state index contributed by atoms with van der Waals surface area (Å²) in [6.45, 7) is 3.47. The smallest absolute Gasteiger partial charge is 0.225 e. The Kier molecular flexibility index (Phi) is 3.55. The number of nitrogen functional groups attached to an aromatic ring is 1. The minimum absolute atomic E-state index is 0.460. The van der Waals surface area contributed by atoms with Crippen molar-refractivity contribution < 1.29 is 4.74 Å². The van der Waals surface area contributed by atoms with E-state index in [1.54, 1.807) is 19.5 Å². The number of methoxy groups -OCH3 is 1. The van der Waals surface area contributed by atoms with Gasteiger partial charge in [0.15, 0.2) is 16.6 Å². The van der Waals surface area contributed by atoms with Crippen LogP contribution in [0.5, 0.6) is 5.75 Å². The number of piperazine rings is 1. The molecule has 3 heterocycles. The van der Waals surface area contributed by atoms with E-state index in [-0.39, 0.29) is 0 Å². The number of anilines is 3. The van der Waals surface area contributed by atoms with Crippen molar-refractivity contribution in [1.29, 1.82) is 0 Å². The zero-order valence-electron chi connectivity index (χ0n) is 11.2. The average molecular weight is 292 g/mol. The highest BCUT2D eigenvalue weighted by molar-refractivity contribution is 7.11. The Morgan fingerprint density at radius 1 is 1.15 bits per heavy atom. The van der Waals surface area contributed by atoms with Gasteiger partial charge in [0, 0.05) is 38.6 Å². The average Bonchev–Trinajstić information content (AvgIpc) is 2.89. The van der Waals surface area contributed by atoms with Crippen LogP contribution in [0.4, 0.5) is 16.8 Å². The van der Waals surface area contributed by atoms with Gasteiger partial charge in [0.05, 0.1) is 7.11 Å². The van der Waals surface area contributed by atoms with Gasteiger partial charge in [0.2, 0.25) is 5.95 Å². The fourth-order valence-corrected chi connectivity index (χ4v) is 3.08. The first-order valence-corrected chi connectivity index (χ1v) is 7.13. The molecule has 0 amide bonds. The first-order valence-electron chi connectivity index (χ1n) is 6.35. The molecule has 7 nitrogen and oxygen atoms in total. The van der Waals surface area contributed by atoms with Crippen molar-refractivity contribution in [2.24, 2.45) is 0 Å². The van der Waals surface area contributed by atoms with Crippen molar-refractivity contribution in [3.05, 3.63) is 18.5 Å². The molecule has 0 aliphatic carbocycles. The van der Waals surface area contributed by atoms with Gasteiger partial charge in [-0.15, -0.1) is 0 Å². The third kappa shape index (κ3) is 2.34. The van der Waals surface area contributed by atoms with Crippen LogP contribution in [-0.2, 0) is 0 Å². The molecule has 0 aromatic carbocycles. The van der Waals surface area contributed by atoms with Gasteiger partial charge in [-0.25, -0.2) is 9.97 Å². The van der Waals surface area contributed by atoms with E-state index < -0.39 is 0 Å². The zero-order chi connectivity index (χ0) is 13.9. The van der Waals surface area contributed by atoms with Crippen LogP contribution in [-0.4, -0.2) is 47.6 Å². The van der Waals surface area contributed by atoms with Crippen molar-refractivity contribution >= 4 is 28.3 Å². The van der Waals surface area contributed by atoms with Crippen LogP contribution >= 0.6 is 11.5 Å². The Bertz CT molecular complexity index is 567. The summed E-state index contributed by atoms with van der Waals surface area (Å²) in [6.07, 6.45) is 3.53. The highest BCUT2D eigenvalue weighted by Crippen LogP contribution is 2.38. The maximum absolute atomic E-state index is 5.79. The van der Waals surface area contributed by atoms with Crippen LogP contribution in [0.2, 0.25) is 0 Å². The van der Waals surface area contributed by atoms with Crippen LogP contribution in [0.3, 0.4) is 0 Å². The quantitative estimate of drug-likeness (QED) is 0.898. The predicted octanol–water partition coefficient (Wildman–Crippen LogP) is 0.851. The molecule has 0 radical (unpaired) electrons. The Labute approximate surface area is 121 Å². The van der Waals surface area contributed by atoms with Crippen LogP contribution in [0, 0.1) is 0 Å². The molecule has 1 fully saturated rings. The number of hydrogen-bond donors (Lipinski definition) is 1. The number of rotatable bonds is 3. The summed E-state index contributed by atoms with van der Waals surface area (Å²) in [7, 11) is 1.62. The van der Waals surface area contributed by atoms with Gasteiger partial charge in [-0.2, -0.15) is 4.37 Å². The topological polar surface area (TPSA) is 80.4 Å². The van der Waals surface area contributed by atoms with E-state index >= 15 is 0 Å². The van der Waals surface area contributed by atoms with E-state index in [0.29, 0.717) is 11.6 Å². The van der Waals surface area contributed by atoms with E-state index in [1.165, 1.54) is 11.5 Å². The molecule has 0 bridgehead atoms. The van der Waals surface area contributed by atoms with Gasteiger partial charge < -0.3 is 20.3 Å². The maximum atomic E-state index is 5.79. The Hall–Kier alpha value is -2.09. The molecule has 0 atom stereocenters. The lowest BCUT2D eigenvalue weighted by Gasteiger charge is -2.35. The summed E-state index contributed by atoms with van der Waals surface area (Å²) < 4.78 is 9.48. The summed E-state index contributed by atoms with van der Waals surface area (Å²) in [5, 5.41) is 0.999. The van der Waals surface area contributed by atoms with Gasteiger partial charge in [0.25, 0.3) is 0 Å². The van der Waals surface area contributed by atoms with Gasteiger partial charge in [0.1, 0.15) is 0 Å². The fraction of sp³-hybridized carbons (Fsp3) is 0.417. The monoisotopic (exact) mass is 292 g/mol. The molecular formula is C12H16N6OS. The van der Waals surface area contributed by atoms with Crippen molar-refractivity contribution in [2.45, 2.75) is 0 Å². The van der Waals surface area contributed by atoms with E-state index in [4.69, 9.17) is 10.5 Å². The third-order valence-corrected chi connectivity index (χ3v) is 4.17. The van der Waals surface area contributed by atoms with Crippen LogP contribution in [0.25, 0.3) is 0 Å². The summed E-state index contributed by atoms with van der Waals surface area (Å²) in [5.41, 5.74) is 5.79. The van der Waals surface area contributed by atoms with Gasteiger partial charge in [-0.3, -0.25) is 0 Å². The molecule has 3 rings (SSSR count). The van der Waals surface area contributed by atoms with E-state index in [9.17, 15) is 0 Å². The molecule has 1 aliphatic rings. The van der Waals surface area contributed by atoms with Crippen molar-refractivity contribution in [3.63, 3.8) is 0 Å². The highest BCUT2D eigenvalue weighted by atomic mass is 32.1. The molecule has 2 N–H and O–H groups in total. The number of hydrogen-bond acceptors (Lipinski definition) is 8. The Morgan fingerprint density at radius 2 is 1.80 bits per heavy atom. The number of aromatic nitrogens is 3. The van der Waals surface area contributed by atoms with Crippen LogP contribution in [0.1, 0.15) is 0 Å². The van der Waals surface area contributed by atoms with Crippen molar-refractivity contribution in [2.75, 3.05) is 48.8 Å². The lowest BCUT2D eigenvalue weighted by atomic mass is 10.3. The second-order valence-corrected chi connectivity index (χ2v) is 5.18. The molecule has 2 aromatic rings. The minimum Gasteiger partial charge on any atom is -0.490 e. The van der Waals surface area contributed by atoms with E-state index in [2.05, 4.69) is 24.1 Å². The van der Waals surface area contributed by atoms with Crippen molar-refractivity contribution in [3.8, 4) is 5.75 Å². The van der Waals surface area contributed by atoms with Crippen molar-refractivity contribution in [1.82, 2.24) is 14.3 Å². The number of nitrogens with zero attached hydrogens (tertiary/aromatic N) is 5. The third-order valence-electron chi connectivity index (χ3n) is 3.26. The van der Waals surface area contributed by atoms with Gasteiger partial charge in [-0.1, -0.05) is 0 Å². The molecule has 0 spiro atoms. The summed E-state index contributed by atoms with van der Waals surface area (Å²) in [5.74, 6) is 1.92. The minimum atomic E-state index is 0.460. The first-order chi connectivity index (χ1) is 9.79. The Morgan fingerprint density at radius 3 is 2.45 bits per heavy atom. The molecule has 20 heavy (non-hydrogen) atoms. The van der Waals surface area contributed by atoms with Gasteiger partial charge in [-0.05, 0) is 17.6 Å². The Balaban J connectivity index is 1.69. The summed E-state index contributed by atoms with van der Waals surface area (Å²) in [6, 6.07) is 1.82. The molecule has 0 saturated carbocycles. The van der Waals surface area contributed by atoms with E-state index in [0.717, 1.165) is 37.1 Å². The van der Waals surface area contributed by atoms with E-state index in [1.807, 2.05) is 6.07 Å². The number of ether oxygens (including phenoxy) is 1. The molecule has 1 saturated heterocycles. The summed E-state index contributed by atoms with van der Waals surface area (Å²) >= 11 is 1.38. The SMILES string of the molecule is COc1c(N)nsc1N1CCN(c2ncccn2)CC1. The first kappa shape index (κ1) is 12.9. The molecule has 1 aliphatic heterocycles. The molecule has 2 aromatic heterocycles. The highest BCUT2D eigenvalue weighted by Gasteiger charge is 2.24. The zero-order valence-corrected chi connectivity index (χ0v) is 12.0. The van der Waals surface area contributed by atoms with Crippen LogP contribution in [0.15, 0.2) is 18.5 Å². The largest absolute Gasteiger partial charge is 0.490 e. The van der Waals surface area contributed by atoms with Crippen LogP contribution < -0.4 is 20.3 Å². The number of nitrogens with two attached hydrogens (primary N) is 1. The standard InChI is InChI=1S/C12H16N6OS/c1-19-9-10(13)16-20-11(9)17-5-7-18(8-6-17)12-14-3-2-4-15-12/h2-4H,5-8H2,1H3,(H2,13,16). The normalized spacial score (nSPS) is 15.4. The second kappa shape index (κ2) is 5.49. The molecule has 8 heteroatoms. The molecule has 0 unspecified atom stereocenters. The molecule has 106 valence electrons. The lowest BCUT2D eigenvalue weighted by molar-refractivity contribution is 0.417.